The molecule has 1 unspecified atom stereocenters. The van der Waals surface area contributed by atoms with Crippen molar-refractivity contribution >= 4 is 39.4 Å². The van der Waals surface area contributed by atoms with E-state index in [-0.39, 0.29) is 12.0 Å². The molecule has 1 amide bonds. The zero-order valence-electron chi connectivity index (χ0n) is 19.7. The molecular weight excluding hydrogens is 514 g/mol. The summed E-state index contributed by atoms with van der Waals surface area (Å²) in [5.41, 5.74) is 2.73. The molecule has 1 atom stereocenters. The topological polar surface area (TPSA) is 126 Å². The smallest absolute Gasteiger partial charge is 0.410 e. The molecule has 4 aromatic heterocycles. The van der Waals surface area contributed by atoms with E-state index in [4.69, 9.17) is 9.72 Å². The fraction of sp³-hybridized carbons (Fsp3) is 0.391. The minimum atomic E-state index is -0.542. The molecule has 0 aromatic carbocycles. The van der Waals surface area contributed by atoms with Crippen molar-refractivity contribution in [3.63, 3.8) is 0 Å². The second kappa shape index (κ2) is 9.25. The van der Waals surface area contributed by atoms with E-state index in [9.17, 15) is 4.79 Å². The summed E-state index contributed by atoms with van der Waals surface area (Å²) in [7, 11) is 0. The van der Waals surface area contributed by atoms with E-state index >= 15 is 0 Å². The number of carbonyl (C=O) groups is 1. The fourth-order valence-corrected chi connectivity index (χ4v) is 4.29. The second-order valence-corrected chi connectivity index (χ2v) is 10.4. The number of fused-ring (bicyclic) bond motifs is 1. The lowest BCUT2D eigenvalue weighted by molar-refractivity contribution is 0.0197. The fourth-order valence-electron chi connectivity index (χ4n) is 4.08. The Morgan fingerprint density at radius 2 is 2.03 bits per heavy atom. The number of likely N-dealkylation sites (tertiary alicyclic amines) is 1. The molecule has 5 heterocycles. The van der Waals surface area contributed by atoms with Gasteiger partial charge in [0.2, 0.25) is 5.95 Å². The maximum atomic E-state index is 12.7. The number of piperidine rings is 1. The number of hydrogen-bond acceptors (Lipinski definition) is 8. The normalized spacial score (nSPS) is 16.5. The van der Waals surface area contributed by atoms with E-state index in [0.717, 1.165) is 34.1 Å². The van der Waals surface area contributed by atoms with Crippen LogP contribution in [0.3, 0.4) is 0 Å². The molecule has 4 aromatic rings. The third-order valence-corrected chi connectivity index (χ3v) is 6.06. The molecule has 5 rings (SSSR count). The molecule has 35 heavy (non-hydrogen) atoms. The van der Waals surface area contributed by atoms with Gasteiger partial charge in [-0.3, -0.25) is 5.10 Å². The Hall–Kier alpha value is -3.54. The van der Waals surface area contributed by atoms with Gasteiger partial charge in [0, 0.05) is 54.8 Å². The van der Waals surface area contributed by atoms with Gasteiger partial charge in [0.05, 0.1) is 22.6 Å². The van der Waals surface area contributed by atoms with Crippen LogP contribution in [0.2, 0.25) is 0 Å². The molecule has 1 saturated heterocycles. The Kier molecular flexibility index (Phi) is 6.13. The van der Waals surface area contributed by atoms with Crippen molar-refractivity contribution in [1.29, 1.82) is 0 Å². The molecule has 12 heteroatoms. The molecule has 1 aliphatic rings. The average molecular weight is 540 g/mol. The van der Waals surface area contributed by atoms with Crippen LogP contribution in [0, 0.1) is 0 Å². The van der Waals surface area contributed by atoms with E-state index in [1.807, 2.05) is 26.8 Å². The molecule has 0 aliphatic carbocycles. The molecule has 182 valence electrons. The summed E-state index contributed by atoms with van der Waals surface area (Å²) >= 11 is 3.36. The quantitative estimate of drug-likeness (QED) is 0.387. The van der Waals surface area contributed by atoms with Crippen molar-refractivity contribution in [3.8, 4) is 11.1 Å². The molecule has 0 spiro atoms. The number of aromatic amines is 1. The second-order valence-electron chi connectivity index (χ2n) is 9.46. The van der Waals surface area contributed by atoms with Gasteiger partial charge >= 0.3 is 6.09 Å². The minimum absolute atomic E-state index is 0.0414. The number of amides is 1. The third kappa shape index (κ3) is 5.11. The first kappa shape index (κ1) is 23.2. The number of anilines is 2. The van der Waals surface area contributed by atoms with Crippen molar-refractivity contribution in [2.45, 2.75) is 45.1 Å². The summed E-state index contributed by atoms with van der Waals surface area (Å²) in [4.78, 5) is 28.2. The standard InChI is InChI=1S/C23H26BrN9O2/c1-23(2,3)35-22(34)32-6-4-5-14(13-32)18-7-19(31-21-25-10-16(24)11-26-21)33-20(30-18)17(12-29-33)15-8-27-28-9-15/h7-12,14H,4-6,13H2,1-3H3,(H,27,28)(H,25,26,31). The zero-order valence-corrected chi connectivity index (χ0v) is 21.3. The molecule has 0 radical (unpaired) electrons. The van der Waals surface area contributed by atoms with Crippen molar-refractivity contribution in [2.24, 2.45) is 0 Å². The van der Waals surface area contributed by atoms with Gasteiger partial charge in [-0.2, -0.15) is 14.7 Å². The number of carbonyl (C=O) groups excluding carboxylic acids is 1. The van der Waals surface area contributed by atoms with Gasteiger partial charge in [0.15, 0.2) is 5.65 Å². The minimum Gasteiger partial charge on any atom is -0.444 e. The predicted molar refractivity (Wildman–Crippen MR) is 133 cm³/mol. The lowest BCUT2D eigenvalue weighted by Gasteiger charge is -2.34. The van der Waals surface area contributed by atoms with Crippen LogP contribution in [-0.4, -0.2) is 64.4 Å². The summed E-state index contributed by atoms with van der Waals surface area (Å²) in [6, 6.07) is 1.95. The number of hydrogen-bond donors (Lipinski definition) is 2. The van der Waals surface area contributed by atoms with Crippen LogP contribution < -0.4 is 5.32 Å². The van der Waals surface area contributed by atoms with E-state index in [1.54, 1.807) is 40.4 Å². The van der Waals surface area contributed by atoms with Gasteiger partial charge in [-0.15, -0.1) is 0 Å². The molecule has 0 saturated carbocycles. The Balaban J connectivity index is 1.52. The summed E-state index contributed by atoms with van der Waals surface area (Å²) in [6.07, 6.45) is 10.1. The molecule has 1 fully saturated rings. The molecule has 11 nitrogen and oxygen atoms in total. The summed E-state index contributed by atoms with van der Waals surface area (Å²) in [5.74, 6) is 1.15. The highest BCUT2D eigenvalue weighted by Gasteiger charge is 2.30. The van der Waals surface area contributed by atoms with E-state index < -0.39 is 5.60 Å². The first-order valence-electron chi connectivity index (χ1n) is 11.4. The lowest BCUT2D eigenvalue weighted by atomic mass is 9.94. The molecule has 0 bridgehead atoms. The average Bonchev–Trinajstić information content (AvgIpc) is 3.49. The highest BCUT2D eigenvalue weighted by Crippen LogP contribution is 2.32. The first-order valence-corrected chi connectivity index (χ1v) is 12.2. The van der Waals surface area contributed by atoms with Crippen molar-refractivity contribution < 1.29 is 9.53 Å². The summed E-state index contributed by atoms with van der Waals surface area (Å²) in [6.45, 7) is 6.82. The number of rotatable bonds is 4. The number of ether oxygens (including phenoxy) is 1. The largest absolute Gasteiger partial charge is 0.444 e. The number of halogens is 1. The van der Waals surface area contributed by atoms with Gasteiger partial charge < -0.3 is 15.0 Å². The van der Waals surface area contributed by atoms with Crippen LogP contribution in [0.1, 0.15) is 45.2 Å². The summed E-state index contributed by atoms with van der Waals surface area (Å²) < 4.78 is 8.12. The van der Waals surface area contributed by atoms with Crippen LogP contribution in [-0.2, 0) is 4.74 Å². The first-order chi connectivity index (χ1) is 16.8. The number of H-pyrrole nitrogens is 1. The van der Waals surface area contributed by atoms with Crippen molar-refractivity contribution in [1.82, 2.24) is 39.7 Å². The van der Waals surface area contributed by atoms with Crippen molar-refractivity contribution in [2.75, 3.05) is 18.4 Å². The maximum Gasteiger partial charge on any atom is 0.410 e. The SMILES string of the molecule is CC(C)(C)OC(=O)N1CCCC(c2cc(Nc3ncc(Br)cn3)n3ncc(-c4cn[nH]c4)c3n2)C1. The van der Waals surface area contributed by atoms with Crippen LogP contribution in [0.15, 0.2) is 41.5 Å². The van der Waals surface area contributed by atoms with Gasteiger partial charge in [0.1, 0.15) is 11.4 Å². The van der Waals surface area contributed by atoms with Crippen LogP contribution in [0.25, 0.3) is 16.8 Å². The Labute approximate surface area is 210 Å². The van der Waals surface area contributed by atoms with E-state index in [0.29, 0.717) is 30.5 Å². The number of nitrogens with zero attached hydrogens (tertiary/aromatic N) is 7. The highest BCUT2D eigenvalue weighted by atomic mass is 79.9. The monoisotopic (exact) mass is 539 g/mol. The van der Waals surface area contributed by atoms with E-state index in [1.165, 1.54) is 0 Å². The number of nitrogens with one attached hydrogen (secondary N) is 2. The molecule has 2 N–H and O–H groups in total. The third-order valence-electron chi connectivity index (χ3n) is 5.65. The zero-order chi connectivity index (χ0) is 24.6. The van der Waals surface area contributed by atoms with Crippen LogP contribution in [0.5, 0.6) is 0 Å². The Morgan fingerprint density at radius 3 is 2.74 bits per heavy atom. The van der Waals surface area contributed by atoms with Gasteiger partial charge in [0.25, 0.3) is 0 Å². The summed E-state index contributed by atoms with van der Waals surface area (Å²) in [5, 5.41) is 14.7. The highest BCUT2D eigenvalue weighted by molar-refractivity contribution is 9.10. The van der Waals surface area contributed by atoms with Gasteiger partial charge in [-0.25, -0.2) is 19.7 Å². The Bertz CT molecular complexity index is 1330. The maximum absolute atomic E-state index is 12.7. The lowest BCUT2D eigenvalue weighted by Crippen LogP contribution is -2.42. The van der Waals surface area contributed by atoms with Gasteiger partial charge in [-0.05, 0) is 49.5 Å². The van der Waals surface area contributed by atoms with Gasteiger partial charge in [-0.1, -0.05) is 0 Å². The van der Waals surface area contributed by atoms with Crippen molar-refractivity contribution in [3.05, 3.63) is 47.2 Å². The Morgan fingerprint density at radius 1 is 1.23 bits per heavy atom. The predicted octanol–water partition coefficient (Wildman–Crippen LogP) is 4.53. The van der Waals surface area contributed by atoms with Crippen LogP contribution >= 0.6 is 15.9 Å². The molecular formula is C23H26BrN9O2. The van der Waals surface area contributed by atoms with Crippen LogP contribution in [0.4, 0.5) is 16.6 Å². The number of aromatic nitrogens is 7. The van der Waals surface area contributed by atoms with E-state index in [2.05, 4.69) is 46.5 Å². The molecule has 1 aliphatic heterocycles.